The Morgan fingerprint density at radius 1 is 1.27 bits per heavy atom. The number of benzene rings is 1. The molecule has 1 aliphatic heterocycles. The number of H-pyrrole nitrogens is 2. The monoisotopic (exact) mass is 360 g/mol. The molecule has 0 unspecified atom stereocenters. The van der Waals surface area contributed by atoms with Gasteiger partial charge in [0.2, 0.25) is 0 Å². The lowest BCUT2D eigenvalue weighted by molar-refractivity contribution is 0.0929. The number of aromatic nitrogens is 4. The number of fused-ring (bicyclic) bond motifs is 1. The summed E-state index contributed by atoms with van der Waals surface area (Å²) >= 11 is 0. The van der Waals surface area contributed by atoms with Crippen LogP contribution >= 0.6 is 0 Å². The second-order valence-corrected chi connectivity index (χ2v) is 6.41. The number of rotatable bonds is 3. The van der Waals surface area contributed by atoms with E-state index in [4.69, 9.17) is 0 Å². The van der Waals surface area contributed by atoms with Crippen molar-refractivity contribution >= 4 is 16.9 Å². The molecule has 0 aliphatic carbocycles. The molecule has 0 atom stereocenters. The zero-order valence-electron chi connectivity index (χ0n) is 14.1. The van der Waals surface area contributed by atoms with Crippen molar-refractivity contribution < 1.29 is 13.6 Å². The van der Waals surface area contributed by atoms with Gasteiger partial charge in [-0.15, -0.1) is 0 Å². The third kappa shape index (κ3) is 2.84. The van der Waals surface area contributed by atoms with E-state index in [1.54, 1.807) is 6.92 Å². The predicted octanol–water partition coefficient (Wildman–Crippen LogP) is 2.02. The van der Waals surface area contributed by atoms with Crippen LogP contribution in [0.25, 0.3) is 22.6 Å². The minimum atomic E-state index is -1.03. The average Bonchev–Trinajstić information content (AvgIpc) is 3.23. The molecule has 3 aromatic rings. The average molecular weight is 360 g/mol. The molecule has 1 saturated heterocycles. The van der Waals surface area contributed by atoms with E-state index in [9.17, 15) is 13.6 Å². The second kappa shape index (κ2) is 6.49. The number of nitrogens with one attached hydrogen (secondary N) is 4. The van der Waals surface area contributed by atoms with Crippen molar-refractivity contribution in [3.05, 3.63) is 35.0 Å². The van der Waals surface area contributed by atoms with E-state index < -0.39 is 11.6 Å². The number of carbonyl (C=O) groups is 1. The molecule has 4 rings (SSSR count). The summed E-state index contributed by atoms with van der Waals surface area (Å²) in [4.78, 5) is 19.8. The normalized spacial score (nSPS) is 15.5. The standard InChI is InChI=1S/C17H18F2N6O/c1-8-12(17(26)21-9-4-6-20-7-5-9)15(25-24-8)16-22-11-3-2-10(18)13(19)14(11)23-16/h2-3,9,20H,4-7H2,1H3,(H,21,26)(H,22,23)(H,24,25). The van der Waals surface area contributed by atoms with Gasteiger partial charge in [0.25, 0.3) is 5.91 Å². The molecule has 0 saturated carbocycles. The Kier molecular flexibility index (Phi) is 4.15. The minimum Gasteiger partial charge on any atom is -0.349 e. The Bertz CT molecular complexity index is 973. The van der Waals surface area contributed by atoms with Crippen LogP contribution in [0.15, 0.2) is 12.1 Å². The molecule has 0 bridgehead atoms. The molecule has 3 heterocycles. The van der Waals surface area contributed by atoms with Gasteiger partial charge < -0.3 is 15.6 Å². The van der Waals surface area contributed by atoms with Crippen LogP contribution in [0.1, 0.15) is 28.9 Å². The number of carbonyl (C=O) groups excluding carboxylic acids is 1. The Morgan fingerprint density at radius 3 is 2.81 bits per heavy atom. The van der Waals surface area contributed by atoms with Crippen molar-refractivity contribution in [2.45, 2.75) is 25.8 Å². The maximum atomic E-state index is 13.9. The number of aryl methyl sites for hydroxylation is 1. The van der Waals surface area contributed by atoms with E-state index in [-0.39, 0.29) is 29.0 Å². The molecule has 1 aromatic carbocycles. The Morgan fingerprint density at radius 2 is 2.04 bits per heavy atom. The Balaban J connectivity index is 1.70. The number of aromatic amines is 2. The van der Waals surface area contributed by atoms with E-state index in [0.29, 0.717) is 16.8 Å². The highest BCUT2D eigenvalue weighted by atomic mass is 19.2. The van der Waals surface area contributed by atoms with Gasteiger partial charge in [0.1, 0.15) is 11.2 Å². The van der Waals surface area contributed by atoms with Crippen LogP contribution in [0.3, 0.4) is 0 Å². The lowest BCUT2D eigenvalue weighted by atomic mass is 10.1. The molecule has 1 fully saturated rings. The maximum Gasteiger partial charge on any atom is 0.255 e. The number of amides is 1. The zero-order valence-corrected chi connectivity index (χ0v) is 14.1. The molecule has 0 radical (unpaired) electrons. The van der Waals surface area contributed by atoms with E-state index in [0.717, 1.165) is 32.0 Å². The van der Waals surface area contributed by atoms with E-state index in [1.807, 2.05) is 0 Å². The first-order valence-corrected chi connectivity index (χ1v) is 8.45. The lowest BCUT2D eigenvalue weighted by Crippen LogP contribution is -2.42. The highest BCUT2D eigenvalue weighted by Crippen LogP contribution is 2.26. The van der Waals surface area contributed by atoms with E-state index in [2.05, 4.69) is 30.8 Å². The molecule has 4 N–H and O–H groups in total. The fourth-order valence-corrected chi connectivity index (χ4v) is 3.23. The summed E-state index contributed by atoms with van der Waals surface area (Å²) in [5, 5.41) is 13.2. The highest BCUT2D eigenvalue weighted by molar-refractivity contribution is 6.01. The largest absolute Gasteiger partial charge is 0.349 e. The van der Waals surface area contributed by atoms with Crippen LogP contribution in [-0.4, -0.2) is 45.2 Å². The molecule has 136 valence electrons. The minimum absolute atomic E-state index is 0.0908. The van der Waals surface area contributed by atoms with Crippen molar-refractivity contribution in [3.63, 3.8) is 0 Å². The summed E-state index contributed by atoms with van der Waals surface area (Å²) in [5.41, 5.74) is 1.43. The first-order valence-electron chi connectivity index (χ1n) is 8.45. The zero-order chi connectivity index (χ0) is 18.3. The van der Waals surface area contributed by atoms with Gasteiger partial charge in [-0.3, -0.25) is 9.89 Å². The molecule has 9 heteroatoms. The van der Waals surface area contributed by atoms with Crippen LogP contribution in [0.2, 0.25) is 0 Å². The lowest BCUT2D eigenvalue weighted by Gasteiger charge is -2.23. The van der Waals surface area contributed by atoms with Gasteiger partial charge in [-0.1, -0.05) is 0 Å². The molecule has 26 heavy (non-hydrogen) atoms. The number of halogens is 2. The summed E-state index contributed by atoms with van der Waals surface area (Å²) in [7, 11) is 0. The summed E-state index contributed by atoms with van der Waals surface area (Å²) in [6, 6.07) is 2.52. The molecular formula is C17H18F2N6O. The van der Waals surface area contributed by atoms with Crippen LogP contribution in [0, 0.1) is 18.6 Å². The van der Waals surface area contributed by atoms with Gasteiger partial charge in [-0.2, -0.15) is 5.10 Å². The Labute approximate surface area is 147 Å². The van der Waals surface area contributed by atoms with E-state index in [1.165, 1.54) is 6.07 Å². The summed E-state index contributed by atoms with van der Waals surface area (Å²) in [6.45, 7) is 3.45. The second-order valence-electron chi connectivity index (χ2n) is 6.41. The van der Waals surface area contributed by atoms with Gasteiger partial charge in [0, 0.05) is 11.7 Å². The van der Waals surface area contributed by atoms with Gasteiger partial charge in [-0.05, 0) is 45.0 Å². The fraction of sp³-hybridized carbons (Fsp3) is 0.353. The molecule has 7 nitrogen and oxygen atoms in total. The quantitative estimate of drug-likeness (QED) is 0.574. The van der Waals surface area contributed by atoms with Gasteiger partial charge in [0.15, 0.2) is 17.5 Å². The topological polar surface area (TPSA) is 98.5 Å². The predicted molar refractivity (Wildman–Crippen MR) is 91.7 cm³/mol. The SMILES string of the molecule is Cc1[nH]nc(-c2nc3c(F)c(F)ccc3[nH]2)c1C(=O)NC1CCNCC1. The summed E-state index contributed by atoms with van der Waals surface area (Å²) in [5.74, 6) is -2.05. The fourth-order valence-electron chi connectivity index (χ4n) is 3.23. The molecular weight excluding hydrogens is 342 g/mol. The van der Waals surface area contributed by atoms with Crippen LogP contribution in [-0.2, 0) is 0 Å². The Hall–Kier alpha value is -2.81. The molecule has 2 aromatic heterocycles. The first kappa shape index (κ1) is 16.6. The first-order chi connectivity index (χ1) is 12.5. The molecule has 1 aliphatic rings. The number of hydrogen-bond donors (Lipinski definition) is 4. The van der Waals surface area contributed by atoms with Gasteiger partial charge in [-0.25, -0.2) is 13.8 Å². The maximum absolute atomic E-state index is 13.9. The van der Waals surface area contributed by atoms with Gasteiger partial charge >= 0.3 is 0 Å². The number of hydrogen-bond acceptors (Lipinski definition) is 4. The van der Waals surface area contributed by atoms with Crippen molar-refractivity contribution in [2.24, 2.45) is 0 Å². The van der Waals surface area contributed by atoms with Crippen LogP contribution in [0.4, 0.5) is 8.78 Å². The number of imidazole rings is 1. The number of piperidine rings is 1. The smallest absolute Gasteiger partial charge is 0.255 e. The van der Waals surface area contributed by atoms with Gasteiger partial charge in [0.05, 0.1) is 11.1 Å². The molecule has 0 spiro atoms. The summed E-state index contributed by atoms with van der Waals surface area (Å²) < 4.78 is 27.3. The third-order valence-corrected chi connectivity index (χ3v) is 4.62. The third-order valence-electron chi connectivity index (χ3n) is 4.62. The molecule has 1 amide bonds. The summed E-state index contributed by atoms with van der Waals surface area (Å²) in [6.07, 6.45) is 1.71. The highest BCUT2D eigenvalue weighted by Gasteiger charge is 2.25. The number of nitrogens with zero attached hydrogens (tertiary/aromatic N) is 2. The van der Waals surface area contributed by atoms with Crippen molar-refractivity contribution in [1.29, 1.82) is 0 Å². The van der Waals surface area contributed by atoms with Crippen LogP contribution in [0.5, 0.6) is 0 Å². The van der Waals surface area contributed by atoms with Crippen molar-refractivity contribution in [3.8, 4) is 11.5 Å². The van der Waals surface area contributed by atoms with Crippen molar-refractivity contribution in [2.75, 3.05) is 13.1 Å². The van der Waals surface area contributed by atoms with Crippen LogP contribution < -0.4 is 10.6 Å². The van der Waals surface area contributed by atoms with Crippen molar-refractivity contribution in [1.82, 2.24) is 30.8 Å². The van der Waals surface area contributed by atoms with E-state index >= 15 is 0 Å².